The van der Waals surface area contributed by atoms with Crippen LogP contribution in [0.1, 0.15) is 20.3 Å². The number of anilines is 1. The monoisotopic (exact) mass is 341 g/mol. The number of nitrogens with one attached hydrogen (secondary N) is 2. The lowest BCUT2D eigenvalue weighted by Gasteiger charge is -2.20. The molecule has 0 saturated carbocycles. The van der Waals surface area contributed by atoms with E-state index in [0.29, 0.717) is 11.7 Å². The minimum atomic E-state index is -0.339. The molecule has 1 amide bonds. The van der Waals surface area contributed by atoms with Gasteiger partial charge in [0.1, 0.15) is 5.75 Å². The van der Waals surface area contributed by atoms with Gasteiger partial charge in [-0.25, -0.2) is 4.98 Å². The predicted molar refractivity (Wildman–Crippen MR) is 92.3 cm³/mol. The average molecular weight is 342 g/mol. The molecule has 120 valence electrons. The number of ether oxygens (including phenoxy) is 1. The molecule has 5 nitrogen and oxygen atoms in total. The number of carbonyl (C=O) groups is 1. The third kappa shape index (κ3) is 3.34. The Bertz CT molecular complexity index is 668. The summed E-state index contributed by atoms with van der Waals surface area (Å²) in [6.07, 6.45) is 0.859. The first-order valence-electron chi connectivity index (χ1n) is 7.16. The number of hydrogen-bond acceptors (Lipinski definition) is 5. The molecule has 1 aliphatic heterocycles. The standard InChI is InChI=1S/C15H19N3O2S.ClH/c1-3-20-10-4-5-11-12(8-10)21-14(17-11)18-13(19)15(2)6-7-16-9-15;/h4-5,8,16H,3,6-7,9H2,1-2H3,(H,17,18,19);1H. The molecule has 3 rings (SSSR count). The van der Waals surface area contributed by atoms with E-state index in [9.17, 15) is 4.79 Å². The first-order chi connectivity index (χ1) is 10.1. The quantitative estimate of drug-likeness (QED) is 0.897. The van der Waals surface area contributed by atoms with Crippen LogP contribution in [0.5, 0.6) is 5.75 Å². The van der Waals surface area contributed by atoms with Crippen LogP contribution in [-0.4, -0.2) is 30.6 Å². The number of carbonyl (C=O) groups excluding carboxylic acids is 1. The van der Waals surface area contributed by atoms with E-state index < -0.39 is 0 Å². The zero-order valence-electron chi connectivity index (χ0n) is 12.6. The predicted octanol–water partition coefficient (Wildman–Crippen LogP) is 3.05. The normalized spacial score (nSPS) is 20.6. The molecule has 22 heavy (non-hydrogen) atoms. The van der Waals surface area contributed by atoms with E-state index in [0.717, 1.165) is 35.5 Å². The molecule has 1 saturated heterocycles. The number of amides is 1. The van der Waals surface area contributed by atoms with Crippen LogP contribution in [0.2, 0.25) is 0 Å². The van der Waals surface area contributed by atoms with E-state index >= 15 is 0 Å². The maximum Gasteiger partial charge on any atom is 0.233 e. The van der Waals surface area contributed by atoms with Gasteiger partial charge in [-0.2, -0.15) is 0 Å². The summed E-state index contributed by atoms with van der Waals surface area (Å²) in [5.74, 6) is 0.870. The topological polar surface area (TPSA) is 63.2 Å². The van der Waals surface area contributed by atoms with Gasteiger partial charge in [-0.3, -0.25) is 4.79 Å². The molecule has 2 heterocycles. The van der Waals surface area contributed by atoms with Gasteiger partial charge < -0.3 is 15.4 Å². The highest BCUT2D eigenvalue weighted by molar-refractivity contribution is 7.22. The fourth-order valence-electron chi connectivity index (χ4n) is 2.47. The van der Waals surface area contributed by atoms with Crippen molar-refractivity contribution < 1.29 is 9.53 Å². The summed E-state index contributed by atoms with van der Waals surface area (Å²) >= 11 is 1.48. The summed E-state index contributed by atoms with van der Waals surface area (Å²) in [7, 11) is 0. The van der Waals surface area contributed by atoms with Crippen molar-refractivity contribution in [3.8, 4) is 5.75 Å². The molecule has 0 spiro atoms. The Morgan fingerprint density at radius 2 is 2.36 bits per heavy atom. The van der Waals surface area contributed by atoms with Crippen molar-refractivity contribution in [3.05, 3.63) is 18.2 Å². The molecule has 1 unspecified atom stereocenters. The van der Waals surface area contributed by atoms with Gasteiger partial charge >= 0.3 is 0 Å². The van der Waals surface area contributed by atoms with Crippen LogP contribution in [0.25, 0.3) is 10.2 Å². The lowest BCUT2D eigenvalue weighted by molar-refractivity contribution is -0.123. The number of halogens is 1. The minimum absolute atomic E-state index is 0. The van der Waals surface area contributed by atoms with E-state index in [2.05, 4.69) is 15.6 Å². The van der Waals surface area contributed by atoms with Gasteiger partial charge in [-0.1, -0.05) is 11.3 Å². The van der Waals surface area contributed by atoms with Gasteiger partial charge in [0.25, 0.3) is 0 Å². The van der Waals surface area contributed by atoms with E-state index in [-0.39, 0.29) is 23.7 Å². The Balaban J connectivity index is 0.00000176. The summed E-state index contributed by atoms with van der Waals surface area (Å²) in [5.41, 5.74) is 0.544. The second-order valence-electron chi connectivity index (χ2n) is 5.52. The number of thiazole rings is 1. The van der Waals surface area contributed by atoms with E-state index in [4.69, 9.17) is 4.74 Å². The number of nitrogens with zero attached hydrogens (tertiary/aromatic N) is 1. The molecule has 0 aliphatic carbocycles. The number of hydrogen-bond donors (Lipinski definition) is 2. The van der Waals surface area contributed by atoms with Crippen molar-refractivity contribution >= 4 is 45.0 Å². The third-order valence-corrected chi connectivity index (χ3v) is 4.74. The number of aromatic nitrogens is 1. The minimum Gasteiger partial charge on any atom is -0.494 e. The molecule has 1 aromatic carbocycles. The molecule has 1 aromatic heterocycles. The highest BCUT2D eigenvalue weighted by Gasteiger charge is 2.36. The van der Waals surface area contributed by atoms with Crippen molar-refractivity contribution in [2.24, 2.45) is 5.41 Å². The van der Waals surface area contributed by atoms with Crippen LogP contribution in [0.15, 0.2) is 18.2 Å². The molecular weight excluding hydrogens is 322 g/mol. The fraction of sp³-hybridized carbons (Fsp3) is 0.467. The van der Waals surface area contributed by atoms with Crippen LogP contribution in [0.3, 0.4) is 0 Å². The Hall–Kier alpha value is -1.37. The van der Waals surface area contributed by atoms with Crippen LogP contribution in [0, 0.1) is 5.41 Å². The van der Waals surface area contributed by atoms with Crippen molar-refractivity contribution in [3.63, 3.8) is 0 Å². The average Bonchev–Trinajstić information content (AvgIpc) is 3.05. The largest absolute Gasteiger partial charge is 0.494 e. The molecule has 7 heteroatoms. The Morgan fingerprint density at radius 1 is 1.55 bits per heavy atom. The van der Waals surface area contributed by atoms with E-state index in [1.807, 2.05) is 32.0 Å². The number of rotatable bonds is 4. The van der Waals surface area contributed by atoms with Crippen LogP contribution in [0.4, 0.5) is 5.13 Å². The smallest absolute Gasteiger partial charge is 0.233 e. The van der Waals surface area contributed by atoms with Gasteiger partial charge in [0.05, 0.1) is 22.2 Å². The molecule has 2 aromatic rings. The molecule has 0 bridgehead atoms. The molecule has 2 N–H and O–H groups in total. The Morgan fingerprint density at radius 3 is 3.05 bits per heavy atom. The summed E-state index contributed by atoms with van der Waals surface area (Å²) in [5, 5.41) is 6.84. The second-order valence-corrected chi connectivity index (χ2v) is 6.55. The Kier molecular flexibility index (Phi) is 5.26. The van der Waals surface area contributed by atoms with E-state index in [1.165, 1.54) is 11.3 Å². The Labute approximate surface area is 139 Å². The highest BCUT2D eigenvalue weighted by atomic mass is 35.5. The summed E-state index contributed by atoms with van der Waals surface area (Å²) < 4.78 is 6.50. The second kappa shape index (κ2) is 6.81. The molecule has 1 atom stereocenters. The van der Waals surface area contributed by atoms with Crippen molar-refractivity contribution in [1.82, 2.24) is 10.3 Å². The van der Waals surface area contributed by atoms with Crippen LogP contribution >= 0.6 is 23.7 Å². The van der Waals surface area contributed by atoms with Crippen molar-refractivity contribution in [2.75, 3.05) is 25.0 Å². The summed E-state index contributed by atoms with van der Waals surface area (Å²) in [6.45, 7) is 6.20. The molecule has 1 fully saturated rings. The van der Waals surface area contributed by atoms with Gasteiger partial charge in [-0.15, -0.1) is 12.4 Å². The first kappa shape index (κ1) is 17.0. The first-order valence-corrected chi connectivity index (χ1v) is 7.98. The SMILES string of the molecule is CCOc1ccc2nc(NC(=O)C3(C)CCNC3)sc2c1.Cl. The zero-order chi connectivity index (χ0) is 14.9. The highest BCUT2D eigenvalue weighted by Crippen LogP contribution is 2.31. The summed E-state index contributed by atoms with van der Waals surface area (Å²) in [4.78, 5) is 16.8. The van der Waals surface area contributed by atoms with Gasteiger partial charge in [0.2, 0.25) is 5.91 Å². The van der Waals surface area contributed by atoms with Crippen molar-refractivity contribution in [2.45, 2.75) is 20.3 Å². The lowest BCUT2D eigenvalue weighted by Crippen LogP contribution is -2.35. The maximum atomic E-state index is 12.4. The van der Waals surface area contributed by atoms with Crippen molar-refractivity contribution in [1.29, 1.82) is 0 Å². The summed E-state index contributed by atoms with van der Waals surface area (Å²) in [6, 6.07) is 5.79. The van der Waals surface area contributed by atoms with E-state index in [1.54, 1.807) is 0 Å². The van der Waals surface area contributed by atoms with Crippen LogP contribution in [-0.2, 0) is 4.79 Å². The maximum absolute atomic E-state index is 12.4. The lowest BCUT2D eigenvalue weighted by atomic mass is 9.89. The third-order valence-electron chi connectivity index (χ3n) is 3.81. The molecule has 0 radical (unpaired) electrons. The number of fused-ring (bicyclic) bond motifs is 1. The van der Waals surface area contributed by atoms with Crippen LogP contribution < -0.4 is 15.4 Å². The van der Waals surface area contributed by atoms with Gasteiger partial charge in [-0.05, 0) is 45.0 Å². The zero-order valence-corrected chi connectivity index (χ0v) is 14.3. The molecular formula is C15H20ClN3O2S. The van der Waals surface area contributed by atoms with Gasteiger partial charge in [0.15, 0.2) is 5.13 Å². The fourth-order valence-corrected chi connectivity index (χ4v) is 3.36. The number of benzene rings is 1. The molecule has 1 aliphatic rings. The van der Waals surface area contributed by atoms with Gasteiger partial charge in [0, 0.05) is 6.54 Å².